The maximum absolute atomic E-state index is 13.9. The average Bonchev–Trinajstić information content (AvgIpc) is 2.87. The Morgan fingerprint density at radius 1 is 1.40 bits per heavy atom. The molecule has 2 aromatic rings. The monoisotopic (exact) mass is 284 g/mol. The molecule has 0 unspecified atom stereocenters. The largest absolute Gasteiger partial charge is 0.421 e. The fraction of sp³-hybridized carbons (Fsp3) is 0.273. The second kappa shape index (κ2) is 5.70. The van der Waals surface area contributed by atoms with E-state index in [-0.39, 0.29) is 11.8 Å². The molecule has 0 radical (unpaired) electrons. The molecule has 1 N–H and O–H groups in total. The second-order valence-corrected chi connectivity index (χ2v) is 3.90. The van der Waals surface area contributed by atoms with Gasteiger partial charge in [-0.25, -0.2) is 4.39 Å². The Bertz CT molecular complexity index is 645. The van der Waals surface area contributed by atoms with Gasteiger partial charge in [0.25, 0.3) is 5.89 Å². The van der Waals surface area contributed by atoms with Crippen LogP contribution in [0.25, 0.3) is 11.5 Å². The maximum atomic E-state index is 13.9. The van der Waals surface area contributed by atoms with Crippen LogP contribution in [0, 0.1) is 21.7 Å². The van der Waals surface area contributed by atoms with Gasteiger partial charge in [-0.3, -0.25) is 10.1 Å². The molecule has 0 bridgehead atoms. The van der Waals surface area contributed by atoms with E-state index in [0.29, 0.717) is 19.0 Å². The highest BCUT2D eigenvalue weighted by molar-refractivity contribution is 5.59. The van der Waals surface area contributed by atoms with E-state index in [1.807, 2.05) is 0 Å². The Morgan fingerprint density at radius 2 is 2.15 bits per heavy atom. The van der Waals surface area contributed by atoms with Gasteiger partial charge in [0.05, 0.1) is 16.6 Å². The first-order valence-electron chi connectivity index (χ1n) is 5.63. The van der Waals surface area contributed by atoms with Crippen molar-refractivity contribution in [3.63, 3.8) is 0 Å². The number of rotatable bonds is 5. The third-order valence-electron chi connectivity index (χ3n) is 2.50. The van der Waals surface area contributed by atoms with Crippen LogP contribution in [0.4, 0.5) is 14.5 Å². The molecule has 7 nitrogen and oxygen atoms in total. The SMILES string of the molecule is CNCCc1nnc(-c2cc(F)cc([N+](=O)[O-])c2F)o1. The van der Waals surface area contributed by atoms with E-state index in [4.69, 9.17) is 4.42 Å². The van der Waals surface area contributed by atoms with Gasteiger partial charge in [-0.1, -0.05) is 0 Å². The molecule has 0 aliphatic heterocycles. The number of nitrogens with zero attached hydrogens (tertiary/aromatic N) is 3. The molecule has 0 spiro atoms. The minimum atomic E-state index is -1.21. The molecule has 0 saturated carbocycles. The summed E-state index contributed by atoms with van der Waals surface area (Å²) in [6, 6.07) is 1.27. The van der Waals surface area contributed by atoms with Gasteiger partial charge in [-0.15, -0.1) is 10.2 Å². The smallest absolute Gasteiger partial charge is 0.308 e. The second-order valence-electron chi connectivity index (χ2n) is 3.90. The van der Waals surface area contributed by atoms with Crippen molar-refractivity contribution in [3.05, 3.63) is 39.8 Å². The zero-order chi connectivity index (χ0) is 14.7. The number of aromatic nitrogens is 2. The fourth-order valence-corrected chi connectivity index (χ4v) is 1.56. The van der Waals surface area contributed by atoms with Crippen molar-refractivity contribution in [2.45, 2.75) is 6.42 Å². The predicted octanol–water partition coefficient (Wildman–Crippen LogP) is 1.68. The van der Waals surface area contributed by atoms with Gasteiger partial charge in [0, 0.05) is 13.0 Å². The minimum Gasteiger partial charge on any atom is -0.421 e. The van der Waals surface area contributed by atoms with Gasteiger partial charge in [0.2, 0.25) is 11.7 Å². The Kier molecular flexibility index (Phi) is 3.99. The van der Waals surface area contributed by atoms with Crippen LogP contribution in [0.15, 0.2) is 16.5 Å². The van der Waals surface area contributed by atoms with Crippen LogP contribution in [0.3, 0.4) is 0 Å². The predicted molar refractivity (Wildman–Crippen MR) is 63.9 cm³/mol. The van der Waals surface area contributed by atoms with Crippen LogP contribution in [0.2, 0.25) is 0 Å². The highest BCUT2D eigenvalue weighted by Crippen LogP contribution is 2.29. The summed E-state index contributed by atoms with van der Waals surface area (Å²) in [6.07, 6.45) is 0.405. The van der Waals surface area contributed by atoms with E-state index in [0.717, 1.165) is 6.07 Å². The van der Waals surface area contributed by atoms with E-state index >= 15 is 0 Å². The molecule has 1 heterocycles. The molecular formula is C11H10F2N4O3. The van der Waals surface area contributed by atoms with E-state index in [9.17, 15) is 18.9 Å². The number of hydrogen-bond acceptors (Lipinski definition) is 6. The number of nitrogens with one attached hydrogen (secondary N) is 1. The van der Waals surface area contributed by atoms with Gasteiger partial charge in [0.1, 0.15) is 5.82 Å². The summed E-state index contributed by atoms with van der Waals surface area (Å²) in [6.45, 7) is 0.563. The maximum Gasteiger partial charge on any atom is 0.308 e. The summed E-state index contributed by atoms with van der Waals surface area (Å²) < 4.78 is 32.3. The Morgan fingerprint density at radius 3 is 2.80 bits per heavy atom. The van der Waals surface area contributed by atoms with E-state index in [2.05, 4.69) is 15.5 Å². The molecule has 20 heavy (non-hydrogen) atoms. The molecular weight excluding hydrogens is 274 g/mol. The molecule has 9 heteroatoms. The van der Waals surface area contributed by atoms with Crippen LogP contribution in [0.1, 0.15) is 5.89 Å². The number of hydrogen-bond donors (Lipinski definition) is 1. The molecule has 0 aliphatic rings. The van der Waals surface area contributed by atoms with Crippen molar-refractivity contribution in [3.8, 4) is 11.5 Å². The van der Waals surface area contributed by atoms with Crippen LogP contribution < -0.4 is 5.32 Å². The van der Waals surface area contributed by atoms with Crippen molar-refractivity contribution in [1.82, 2.24) is 15.5 Å². The quantitative estimate of drug-likeness (QED) is 0.663. The Hall–Kier alpha value is -2.42. The van der Waals surface area contributed by atoms with Crippen LogP contribution >= 0.6 is 0 Å². The molecule has 0 aliphatic carbocycles. The molecule has 0 saturated heterocycles. The normalized spacial score (nSPS) is 10.8. The molecule has 0 amide bonds. The summed E-state index contributed by atoms with van der Waals surface area (Å²) in [7, 11) is 1.73. The van der Waals surface area contributed by atoms with Crippen LogP contribution in [-0.2, 0) is 6.42 Å². The van der Waals surface area contributed by atoms with Crippen LogP contribution in [0.5, 0.6) is 0 Å². The zero-order valence-electron chi connectivity index (χ0n) is 10.4. The van der Waals surface area contributed by atoms with Gasteiger partial charge in [0.15, 0.2) is 0 Å². The van der Waals surface area contributed by atoms with E-state index in [1.54, 1.807) is 7.05 Å². The van der Waals surface area contributed by atoms with Gasteiger partial charge < -0.3 is 9.73 Å². The molecule has 1 aromatic heterocycles. The van der Waals surface area contributed by atoms with Crippen molar-refractivity contribution in [1.29, 1.82) is 0 Å². The lowest BCUT2D eigenvalue weighted by Crippen LogP contribution is -2.10. The minimum absolute atomic E-state index is 0.223. The van der Waals surface area contributed by atoms with Crippen molar-refractivity contribution < 1.29 is 18.1 Å². The third-order valence-corrected chi connectivity index (χ3v) is 2.50. The van der Waals surface area contributed by atoms with E-state index < -0.39 is 27.8 Å². The average molecular weight is 284 g/mol. The fourth-order valence-electron chi connectivity index (χ4n) is 1.56. The Balaban J connectivity index is 2.42. The van der Waals surface area contributed by atoms with Crippen LogP contribution in [-0.4, -0.2) is 28.7 Å². The summed E-state index contributed by atoms with van der Waals surface area (Å²) in [5.74, 6) is -2.24. The summed E-state index contributed by atoms with van der Waals surface area (Å²) in [5, 5.41) is 20.7. The van der Waals surface area contributed by atoms with Crippen molar-refractivity contribution in [2.24, 2.45) is 0 Å². The number of nitro groups is 1. The first-order valence-corrected chi connectivity index (χ1v) is 5.63. The molecule has 106 valence electrons. The van der Waals surface area contributed by atoms with Gasteiger partial charge in [-0.05, 0) is 13.1 Å². The number of likely N-dealkylation sites (N-methyl/N-ethyl adjacent to an activating group) is 1. The molecule has 1 aromatic carbocycles. The standard InChI is InChI=1S/C11H10F2N4O3/c1-14-3-2-9-15-16-11(20-9)7-4-6(12)5-8(10(7)13)17(18)19/h4-5,14H,2-3H2,1H3. The van der Waals surface area contributed by atoms with Gasteiger partial charge in [-0.2, -0.15) is 4.39 Å². The summed E-state index contributed by atoms with van der Waals surface area (Å²) >= 11 is 0. The first kappa shape index (κ1) is 14.0. The lowest BCUT2D eigenvalue weighted by Gasteiger charge is -2.00. The Labute approximate surface area is 111 Å². The highest BCUT2D eigenvalue weighted by Gasteiger charge is 2.24. The molecule has 0 fully saturated rings. The lowest BCUT2D eigenvalue weighted by molar-refractivity contribution is -0.387. The van der Waals surface area contributed by atoms with Crippen molar-refractivity contribution in [2.75, 3.05) is 13.6 Å². The summed E-state index contributed by atoms with van der Waals surface area (Å²) in [4.78, 5) is 9.61. The van der Waals surface area contributed by atoms with Gasteiger partial charge >= 0.3 is 5.69 Å². The van der Waals surface area contributed by atoms with E-state index in [1.165, 1.54) is 0 Å². The highest BCUT2D eigenvalue weighted by atomic mass is 19.1. The molecule has 2 rings (SSSR count). The lowest BCUT2D eigenvalue weighted by atomic mass is 10.2. The topological polar surface area (TPSA) is 94.1 Å². The molecule has 0 atom stereocenters. The van der Waals surface area contributed by atoms with Crippen molar-refractivity contribution >= 4 is 5.69 Å². The first-order chi connectivity index (χ1) is 9.52. The number of nitro benzene ring substituents is 1. The number of benzene rings is 1. The number of halogens is 2. The zero-order valence-corrected chi connectivity index (χ0v) is 10.4. The third kappa shape index (κ3) is 2.77. The summed E-state index contributed by atoms with van der Waals surface area (Å²) in [5.41, 5.74) is -1.41.